The van der Waals surface area contributed by atoms with E-state index in [-0.39, 0.29) is 24.1 Å². The van der Waals surface area contributed by atoms with Crippen LogP contribution in [0.3, 0.4) is 0 Å². The molecular formula is C19H25NO5. The molecule has 0 aromatic heterocycles. The van der Waals surface area contributed by atoms with E-state index in [0.717, 1.165) is 18.4 Å². The lowest BCUT2D eigenvalue weighted by atomic mass is 9.91. The maximum absolute atomic E-state index is 12.0. The Kier molecular flexibility index (Phi) is 5.39. The molecule has 6 heteroatoms. The van der Waals surface area contributed by atoms with Gasteiger partial charge in [-0.05, 0) is 31.4 Å². The maximum atomic E-state index is 12.0. The van der Waals surface area contributed by atoms with Crippen molar-refractivity contribution >= 4 is 11.9 Å². The van der Waals surface area contributed by atoms with Gasteiger partial charge in [0.15, 0.2) is 6.10 Å². The number of piperidine rings is 1. The van der Waals surface area contributed by atoms with Crippen LogP contribution >= 0.6 is 0 Å². The number of carbonyl (C=O) groups is 2. The Hall–Kier alpha value is -1.92. The van der Waals surface area contributed by atoms with Gasteiger partial charge in [-0.25, -0.2) is 9.59 Å². The fourth-order valence-corrected chi connectivity index (χ4v) is 3.96. The standard InChI is InChI=1S/C19H25NO5/c1-12-8-9-16-15(10-17(25-16)19(22)24-3)20(12)11-13-6-4-5-7-14(13)18(21)23-2/h4-7,12,15-17H,8-11H2,1-3H3/t12-,15+,16+,17+/m1/s1. The SMILES string of the molecule is COC(=O)c1ccccc1CN1[C@H](C)CC[C@@H]2O[C@H](C(=O)OC)C[C@@H]21. The fourth-order valence-electron chi connectivity index (χ4n) is 3.96. The number of carbonyl (C=O) groups excluding carboxylic acids is 2. The first kappa shape index (κ1) is 17.9. The number of benzene rings is 1. The quantitative estimate of drug-likeness (QED) is 0.778. The number of fused-ring (bicyclic) bond motifs is 1. The summed E-state index contributed by atoms with van der Waals surface area (Å²) in [5.74, 6) is -0.635. The second-order valence-corrected chi connectivity index (χ2v) is 6.74. The van der Waals surface area contributed by atoms with Crippen molar-refractivity contribution in [3.8, 4) is 0 Å². The highest BCUT2D eigenvalue weighted by molar-refractivity contribution is 5.90. The largest absolute Gasteiger partial charge is 0.467 e. The van der Waals surface area contributed by atoms with E-state index in [1.165, 1.54) is 14.2 Å². The van der Waals surface area contributed by atoms with Crippen molar-refractivity contribution in [1.82, 2.24) is 4.90 Å². The van der Waals surface area contributed by atoms with Crippen LogP contribution in [0.5, 0.6) is 0 Å². The third-order valence-corrected chi connectivity index (χ3v) is 5.32. The van der Waals surface area contributed by atoms with E-state index >= 15 is 0 Å². The van der Waals surface area contributed by atoms with Gasteiger partial charge >= 0.3 is 11.9 Å². The van der Waals surface area contributed by atoms with E-state index in [4.69, 9.17) is 14.2 Å². The van der Waals surface area contributed by atoms with Gasteiger partial charge in [-0.3, -0.25) is 4.90 Å². The fraction of sp³-hybridized carbons (Fsp3) is 0.579. The lowest BCUT2D eigenvalue weighted by Crippen LogP contribution is -2.49. The van der Waals surface area contributed by atoms with Gasteiger partial charge in [0.1, 0.15) is 0 Å². The minimum atomic E-state index is -0.497. The van der Waals surface area contributed by atoms with E-state index < -0.39 is 6.10 Å². The van der Waals surface area contributed by atoms with E-state index in [0.29, 0.717) is 24.6 Å². The lowest BCUT2D eigenvalue weighted by Gasteiger charge is -2.41. The molecule has 0 N–H and O–H groups in total. The summed E-state index contributed by atoms with van der Waals surface area (Å²) in [5, 5.41) is 0. The summed E-state index contributed by atoms with van der Waals surface area (Å²) in [7, 11) is 2.78. The first-order valence-corrected chi connectivity index (χ1v) is 8.70. The highest BCUT2D eigenvalue weighted by Gasteiger charge is 2.46. The van der Waals surface area contributed by atoms with Crippen LogP contribution in [0.2, 0.25) is 0 Å². The van der Waals surface area contributed by atoms with Gasteiger partial charge in [0.05, 0.1) is 25.9 Å². The second-order valence-electron chi connectivity index (χ2n) is 6.74. The maximum Gasteiger partial charge on any atom is 0.338 e. The molecule has 25 heavy (non-hydrogen) atoms. The van der Waals surface area contributed by atoms with Crippen LogP contribution < -0.4 is 0 Å². The number of hydrogen-bond acceptors (Lipinski definition) is 6. The van der Waals surface area contributed by atoms with Crippen molar-refractivity contribution in [2.75, 3.05) is 14.2 Å². The second kappa shape index (κ2) is 7.54. The number of esters is 2. The average Bonchev–Trinajstić information content (AvgIpc) is 3.07. The molecular weight excluding hydrogens is 322 g/mol. The van der Waals surface area contributed by atoms with Crippen LogP contribution in [0.4, 0.5) is 0 Å². The summed E-state index contributed by atoms with van der Waals surface area (Å²) < 4.78 is 15.7. The molecule has 2 aliphatic heterocycles. The van der Waals surface area contributed by atoms with Crippen molar-refractivity contribution in [1.29, 1.82) is 0 Å². The van der Waals surface area contributed by atoms with Crippen molar-refractivity contribution in [3.05, 3.63) is 35.4 Å². The molecule has 1 aromatic carbocycles. The zero-order valence-corrected chi connectivity index (χ0v) is 14.9. The highest BCUT2D eigenvalue weighted by atomic mass is 16.6. The molecule has 2 heterocycles. The Morgan fingerprint density at radius 3 is 2.68 bits per heavy atom. The number of rotatable bonds is 4. The first-order valence-electron chi connectivity index (χ1n) is 8.70. The predicted octanol–water partition coefficient (Wildman–Crippen LogP) is 2.16. The van der Waals surface area contributed by atoms with Gasteiger partial charge in [-0.1, -0.05) is 18.2 Å². The van der Waals surface area contributed by atoms with Crippen molar-refractivity contribution in [2.24, 2.45) is 0 Å². The zero-order valence-electron chi connectivity index (χ0n) is 14.9. The molecule has 4 atom stereocenters. The van der Waals surface area contributed by atoms with Crippen molar-refractivity contribution in [2.45, 2.75) is 57.0 Å². The normalized spacial score (nSPS) is 29.1. The molecule has 0 unspecified atom stereocenters. The minimum absolute atomic E-state index is 0.0330. The molecule has 3 rings (SSSR count). The molecule has 0 spiro atoms. The monoisotopic (exact) mass is 347 g/mol. The Labute approximate surface area is 148 Å². The Morgan fingerprint density at radius 2 is 1.96 bits per heavy atom. The van der Waals surface area contributed by atoms with Gasteiger partial charge in [0, 0.05) is 25.0 Å². The molecule has 0 saturated carbocycles. The smallest absolute Gasteiger partial charge is 0.338 e. The van der Waals surface area contributed by atoms with E-state index in [1.807, 2.05) is 18.2 Å². The Morgan fingerprint density at radius 1 is 1.20 bits per heavy atom. The van der Waals surface area contributed by atoms with Crippen LogP contribution in [0.1, 0.15) is 42.1 Å². The molecule has 136 valence electrons. The van der Waals surface area contributed by atoms with Crippen LogP contribution in [0, 0.1) is 0 Å². The van der Waals surface area contributed by atoms with E-state index in [9.17, 15) is 9.59 Å². The molecule has 0 bridgehead atoms. The van der Waals surface area contributed by atoms with Gasteiger partial charge < -0.3 is 14.2 Å². The molecule has 1 aromatic rings. The number of methoxy groups -OCH3 is 2. The van der Waals surface area contributed by atoms with Gasteiger partial charge in [0.25, 0.3) is 0 Å². The number of likely N-dealkylation sites (tertiary alicyclic amines) is 1. The third kappa shape index (κ3) is 3.55. The summed E-state index contributed by atoms with van der Waals surface area (Å²) in [6, 6.07) is 8.01. The molecule has 2 fully saturated rings. The summed E-state index contributed by atoms with van der Waals surface area (Å²) in [4.78, 5) is 26.2. The van der Waals surface area contributed by atoms with Crippen LogP contribution in [-0.4, -0.2) is 55.3 Å². The Bertz CT molecular complexity index is 646. The average molecular weight is 347 g/mol. The van der Waals surface area contributed by atoms with Gasteiger partial charge in [-0.2, -0.15) is 0 Å². The van der Waals surface area contributed by atoms with Gasteiger partial charge in [-0.15, -0.1) is 0 Å². The molecule has 0 amide bonds. The van der Waals surface area contributed by atoms with Crippen LogP contribution in [0.25, 0.3) is 0 Å². The molecule has 0 aliphatic carbocycles. The van der Waals surface area contributed by atoms with Crippen LogP contribution in [-0.2, 0) is 25.5 Å². The minimum Gasteiger partial charge on any atom is -0.467 e. The van der Waals surface area contributed by atoms with Crippen LogP contribution in [0.15, 0.2) is 24.3 Å². The molecule has 6 nitrogen and oxygen atoms in total. The van der Waals surface area contributed by atoms with E-state index in [1.54, 1.807) is 6.07 Å². The predicted molar refractivity (Wildman–Crippen MR) is 91.1 cm³/mol. The summed E-state index contributed by atoms with van der Waals surface area (Å²) >= 11 is 0. The van der Waals surface area contributed by atoms with Gasteiger partial charge in [0.2, 0.25) is 0 Å². The number of ether oxygens (including phenoxy) is 3. The molecule has 2 aliphatic rings. The number of hydrogen-bond donors (Lipinski definition) is 0. The molecule has 0 radical (unpaired) electrons. The first-order chi connectivity index (χ1) is 12.0. The summed E-state index contributed by atoms with van der Waals surface area (Å²) in [5.41, 5.74) is 1.52. The topological polar surface area (TPSA) is 65.1 Å². The number of nitrogens with zero attached hydrogens (tertiary/aromatic N) is 1. The molecule has 2 saturated heterocycles. The zero-order chi connectivity index (χ0) is 18.0. The van der Waals surface area contributed by atoms with Crippen molar-refractivity contribution < 1.29 is 23.8 Å². The highest BCUT2D eigenvalue weighted by Crippen LogP contribution is 2.36. The summed E-state index contributed by atoms with van der Waals surface area (Å²) in [6.07, 6.45) is 2.10. The van der Waals surface area contributed by atoms with Crippen molar-refractivity contribution in [3.63, 3.8) is 0 Å². The third-order valence-electron chi connectivity index (χ3n) is 5.32. The summed E-state index contributed by atoms with van der Waals surface area (Å²) in [6.45, 7) is 2.81. The lowest BCUT2D eigenvalue weighted by molar-refractivity contribution is -0.153. The Balaban J connectivity index is 1.81. The van der Waals surface area contributed by atoms with E-state index in [2.05, 4.69) is 11.8 Å².